The summed E-state index contributed by atoms with van der Waals surface area (Å²) in [6.45, 7) is 2.18. The molecule has 1 amide bonds. The second kappa shape index (κ2) is 5.47. The molecule has 2 aromatic rings. The number of H-pyrrole nitrogens is 1. The van der Waals surface area contributed by atoms with Gasteiger partial charge in [-0.05, 0) is 19.4 Å². The maximum absolute atomic E-state index is 11.8. The van der Waals surface area contributed by atoms with Crippen molar-refractivity contribution in [3.8, 4) is 0 Å². The number of hydrogen-bond acceptors (Lipinski definition) is 4. The van der Waals surface area contributed by atoms with Crippen LogP contribution >= 0.6 is 0 Å². The van der Waals surface area contributed by atoms with E-state index in [4.69, 9.17) is 5.11 Å². The number of hydrogen-bond donors (Lipinski definition) is 3. The third kappa shape index (κ3) is 3.06. The molecule has 2 aromatic heterocycles. The zero-order valence-electron chi connectivity index (χ0n) is 10.4. The van der Waals surface area contributed by atoms with Gasteiger partial charge in [0.2, 0.25) is 0 Å². The van der Waals surface area contributed by atoms with E-state index in [0.717, 1.165) is 11.1 Å². The zero-order valence-corrected chi connectivity index (χ0v) is 10.4. The molecule has 2 rings (SSSR count). The molecule has 0 unspecified atom stereocenters. The molecule has 0 bridgehead atoms. The second-order valence-electron chi connectivity index (χ2n) is 4.20. The predicted octanol–water partition coefficient (Wildman–Crippen LogP) is 0.861. The highest BCUT2D eigenvalue weighted by Gasteiger charge is 2.09. The van der Waals surface area contributed by atoms with Gasteiger partial charge in [0, 0.05) is 30.2 Å². The summed E-state index contributed by atoms with van der Waals surface area (Å²) in [5, 5.41) is 18.7. The molecular weight excluding hydrogens is 248 g/mol. The number of carboxylic acids is 1. The summed E-state index contributed by atoms with van der Waals surface area (Å²) in [5.41, 5.74) is 1.86. The maximum Gasteiger partial charge on any atom is 0.303 e. The first-order valence-corrected chi connectivity index (χ1v) is 5.88. The van der Waals surface area contributed by atoms with Crippen LogP contribution in [0.25, 0.3) is 11.0 Å². The van der Waals surface area contributed by atoms with E-state index >= 15 is 0 Å². The van der Waals surface area contributed by atoms with Crippen molar-refractivity contribution in [1.29, 1.82) is 0 Å². The number of aromatic nitrogens is 3. The Morgan fingerprint density at radius 2 is 2.26 bits per heavy atom. The molecular formula is C12H14N4O3. The average molecular weight is 262 g/mol. The van der Waals surface area contributed by atoms with E-state index in [1.165, 1.54) is 6.20 Å². The van der Waals surface area contributed by atoms with E-state index < -0.39 is 5.97 Å². The Kier molecular flexibility index (Phi) is 3.74. The van der Waals surface area contributed by atoms with Crippen LogP contribution in [0.2, 0.25) is 0 Å². The molecule has 0 atom stereocenters. The topological polar surface area (TPSA) is 108 Å². The molecule has 2 heterocycles. The Labute approximate surface area is 109 Å². The molecule has 0 aliphatic rings. The fourth-order valence-electron chi connectivity index (χ4n) is 1.69. The van der Waals surface area contributed by atoms with Crippen LogP contribution in [0.5, 0.6) is 0 Å². The van der Waals surface area contributed by atoms with Gasteiger partial charge in [-0.1, -0.05) is 0 Å². The van der Waals surface area contributed by atoms with E-state index in [1.54, 1.807) is 6.07 Å². The van der Waals surface area contributed by atoms with Gasteiger partial charge in [0.05, 0.1) is 5.56 Å². The number of aryl methyl sites for hydroxylation is 1. The number of rotatable bonds is 5. The van der Waals surface area contributed by atoms with Gasteiger partial charge in [0.15, 0.2) is 5.65 Å². The third-order valence-electron chi connectivity index (χ3n) is 2.72. The van der Waals surface area contributed by atoms with Crippen LogP contribution in [0.1, 0.15) is 28.9 Å². The summed E-state index contributed by atoms with van der Waals surface area (Å²) < 4.78 is 0. The molecule has 0 radical (unpaired) electrons. The number of amides is 1. The number of nitrogens with zero attached hydrogens (tertiary/aromatic N) is 2. The van der Waals surface area contributed by atoms with Gasteiger partial charge in [0.25, 0.3) is 5.91 Å². The van der Waals surface area contributed by atoms with E-state index in [-0.39, 0.29) is 12.3 Å². The molecule has 19 heavy (non-hydrogen) atoms. The van der Waals surface area contributed by atoms with Crippen LogP contribution in [0, 0.1) is 6.92 Å². The van der Waals surface area contributed by atoms with Gasteiger partial charge in [-0.15, -0.1) is 0 Å². The molecule has 7 nitrogen and oxygen atoms in total. The van der Waals surface area contributed by atoms with Crippen molar-refractivity contribution in [3.63, 3.8) is 0 Å². The summed E-state index contributed by atoms with van der Waals surface area (Å²) >= 11 is 0. The first kappa shape index (κ1) is 13.0. The van der Waals surface area contributed by atoms with Crippen molar-refractivity contribution >= 4 is 22.9 Å². The number of aromatic amines is 1. The van der Waals surface area contributed by atoms with Crippen molar-refractivity contribution in [2.24, 2.45) is 0 Å². The highest BCUT2D eigenvalue weighted by Crippen LogP contribution is 2.14. The maximum atomic E-state index is 11.8. The van der Waals surface area contributed by atoms with E-state index in [1.807, 2.05) is 6.92 Å². The number of fused-ring (bicyclic) bond motifs is 1. The molecule has 0 aromatic carbocycles. The monoisotopic (exact) mass is 262 g/mol. The Balaban J connectivity index is 2.00. The number of nitrogens with one attached hydrogen (secondary N) is 2. The zero-order chi connectivity index (χ0) is 13.8. The van der Waals surface area contributed by atoms with Gasteiger partial charge in [-0.25, -0.2) is 4.98 Å². The smallest absolute Gasteiger partial charge is 0.303 e. The predicted molar refractivity (Wildman–Crippen MR) is 67.8 cm³/mol. The lowest BCUT2D eigenvalue weighted by Gasteiger charge is -2.03. The summed E-state index contributed by atoms with van der Waals surface area (Å²) in [7, 11) is 0. The SMILES string of the molecule is Cc1[nH]nc2ncc(C(=O)NCCCC(=O)O)cc12. The largest absolute Gasteiger partial charge is 0.481 e. The number of pyridine rings is 1. The molecule has 3 N–H and O–H groups in total. The van der Waals surface area contributed by atoms with Crippen molar-refractivity contribution in [1.82, 2.24) is 20.5 Å². The Hall–Kier alpha value is -2.44. The Morgan fingerprint density at radius 1 is 1.47 bits per heavy atom. The van der Waals surface area contributed by atoms with Gasteiger partial charge >= 0.3 is 5.97 Å². The van der Waals surface area contributed by atoms with Gasteiger partial charge in [-0.3, -0.25) is 14.7 Å². The molecule has 7 heteroatoms. The number of carbonyl (C=O) groups excluding carboxylic acids is 1. The summed E-state index contributed by atoms with van der Waals surface area (Å²) in [6.07, 6.45) is 1.90. The van der Waals surface area contributed by atoms with E-state index in [9.17, 15) is 9.59 Å². The highest BCUT2D eigenvalue weighted by molar-refractivity contribution is 5.97. The minimum absolute atomic E-state index is 0.0401. The minimum Gasteiger partial charge on any atom is -0.481 e. The lowest BCUT2D eigenvalue weighted by molar-refractivity contribution is -0.137. The van der Waals surface area contributed by atoms with Crippen LogP contribution in [-0.2, 0) is 4.79 Å². The van der Waals surface area contributed by atoms with Gasteiger partial charge in [-0.2, -0.15) is 5.10 Å². The average Bonchev–Trinajstić information content (AvgIpc) is 2.75. The van der Waals surface area contributed by atoms with E-state index in [2.05, 4.69) is 20.5 Å². The van der Waals surface area contributed by atoms with Crippen LogP contribution in [-0.4, -0.2) is 38.7 Å². The number of aliphatic carboxylic acids is 1. The van der Waals surface area contributed by atoms with Crippen LogP contribution in [0.4, 0.5) is 0 Å². The standard InChI is InChI=1S/C12H14N4O3/c1-7-9-5-8(6-14-11(9)16-15-7)12(19)13-4-2-3-10(17)18/h5-6H,2-4H2,1H3,(H,13,19)(H,17,18)(H,14,15,16). The first-order chi connectivity index (χ1) is 9.08. The van der Waals surface area contributed by atoms with Gasteiger partial charge in [0.1, 0.15) is 0 Å². The fraction of sp³-hybridized carbons (Fsp3) is 0.333. The Bertz CT molecular complexity index is 620. The lowest BCUT2D eigenvalue weighted by Crippen LogP contribution is -2.25. The van der Waals surface area contributed by atoms with Crippen LogP contribution in [0.3, 0.4) is 0 Å². The molecule has 0 spiro atoms. The summed E-state index contributed by atoms with van der Waals surface area (Å²) in [5.74, 6) is -1.13. The lowest BCUT2D eigenvalue weighted by atomic mass is 10.2. The molecule has 0 fully saturated rings. The van der Waals surface area contributed by atoms with Gasteiger partial charge < -0.3 is 10.4 Å². The van der Waals surface area contributed by atoms with Crippen molar-refractivity contribution in [3.05, 3.63) is 23.5 Å². The second-order valence-corrected chi connectivity index (χ2v) is 4.20. The van der Waals surface area contributed by atoms with Crippen LogP contribution < -0.4 is 5.32 Å². The van der Waals surface area contributed by atoms with E-state index in [0.29, 0.717) is 24.2 Å². The van der Waals surface area contributed by atoms with Crippen molar-refractivity contribution < 1.29 is 14.7 Å². The summed E-state index contributed by atoms with van der Waals surface area (Å²) in [4.78, 5) is 26.3. The normalized spacial score (nSPS) is 10.6. The molecule has 100 valence electrons. The minimum atomic E-state index is -0.869. The Morgan fingerprint density at radius 3 is 3.00 bits per heavy atom. The molecule has 0 aliphatic heterocycles. The number of carbonyl (C=O) groups is 2. The fourth-order valence-corrected chi connectivity index (χ4v) is 1.69. The molecule has 0 aliphatic carbocycles. The number of carboxylic acid groups (broad SMARTS) is 1. The van der Waals surface area contributed by atoms with Crippen LogP contribution in [0.15, 0.2) is 12.3 Å². The molecule has 0 saturated carbocycles. The molecule has 0 saturated heterocycles. The quantitative estimate of drug-likeness (QED) is 0.692. The third-order valence-corrected chi connectivity index (χ3v) is 2.72. The van der Waals surface area contributed by atoms with Crippen molar-refractivity contribution in [2.75, 3.05) is 6.54 Å². The summed E-state index contributed by atoms with van der Waals surface area (Å²) in [6, 6.07) is 1.72. The highest BCUT2D eigenvalue weighted by atomic mass is 16.4. The first-order valence-electron chi connectivity index (χ1n) is 5.88. The van der Waals surface area contributed by atoms with Crippen molar-refractivity contribution in [2.45, 2.75) is 19.8 Å².